The Morgan fingerprint density at radius 3 is 2.13 bits per heavy atom. The highest BCUT2D eigenvalue weighted by molar-refractivity contribution is 4.93. The van der Waals surface area contributed by atoms with Crippen LogP contribution in [0.1, 0.15) is 32.1 Å². The van der Waals surface area contributed by atoms with E-state index in [-0.39, 0.29) is 5.92 Å². The van der Waals surface area contributed by atoms with Gasteiger partial charge in [0.25, 0.3) is 0 Å². The van der Waals surface area contributed by atoms with Gasteiger partial charge in [0, 0.05) is 0 Å². The Kier molecular flexibility index (Phi) is 4.20. The van der Waals surface area contributed by atoms with Crippen LogP contribution in [-0.4, -0.2) is 17.4 Å². The minimum Gasteiger partial charge on any atom is -0.392 e. The molecule has 1 N–H and O–H groups in total. The fraction of sp³-hybridized carbons (Fsp3) is 0.818. The molecule has 0 bridgehead atoms. The zero-order valence-corrected chi connectivity index (χ0v) is 8.63. The van der Waals surface area contributed by atoms with Crippen LogP contribution >= 0.6 is 0 Å². The van der Waals surface area contributed by atoms with Crippen LogP contribution in [0.25, 0.3) is 0 Å². The molecule has 15 heavy (non-hydrogen) atoms. The highest BCUT2D eigenvalue weighted by Crippen LogP contribution is 2.37. The van der Waals surface area contributed by atoms with E-state index in [2.05, 4.69) is 6.58 Å². The molecule has 0 aromatic carbocycles. The minimum atomic E-state index is -4.38. The number of hydrogen-bond acceptors (Lipinski definition) is 1. The van der Waals surface area contributed by atoms with Crippen LogP contribution in [0.15, 0.2) is 12.7 Å². The first-order valence-corrected chi connectivity index (χ1v) is 5.34. The topological polar surface area (TPSA) is 20.2 Å². The SMILES string of the molecule is C=CC(C(O)C1CCCCC1)C(F)(F)F. The predicted octanol–water partition coefficient (Wildman–Crippen LogP) is 3.29. The second-order valence-corrected chi connectivity index (χ2v) is 4.19. The van der Waals surface area contributed by atoms with Crippen LogP contribution in [0.2, 0.25) is 0 Å². The lowest BCUT2D eigenvalue weighted by Gasteiger charge is -2.31. The first-order valence-electron chi connectivity index (χ1n) is 5.34. The van der Waals surface area contributed by atoms with Gasteiger partial charge in [-0.15, -0.1) is 6.58 Å². The second-order valence-electron chi connectivity index (χ2n) is 4.19. The lowest BCUT2D eigenvalue weighted by atomic mass is 9.80. The molecule has 2 unspecified atom stereocenters. The molecule has 2 atom stereocenters. The van der Waals surface area contributed by atoms with Gasteiger partial charge >= 0.3 is 6.18 Å². The Morgan fingerprint density at radius 2 is 1.73 bits per heavy atom. The predicted molar refractivity (Wildman–Crippen MR) is 52.3 cm³/mol. The third-order valence-corrected chi connectivity index (χ3v) is 3.13. The lowest BCUT2D eigenvalue weighted by Crippen LogP contribution is -2.38. The molecule has 0 aromatic rings. The van der Waals surface area contributed by atoms with Gasteiger partial charge in [0.15, 0.2) is 0 Å². The average Bonchev–Trinajstić information content (AvgIpc) is 2.18. The molecule has 1 fully saturated rings. The maximum Gasteiger partial charge on any atom is 0.397 e. The second kappa shape index (κ2) is 5.01. The van der Waals surface area contributed by atoms with E-state index >= 15 is 0 Å². The van der Waals surface area contributed by atoms with Crippen LogP contribution in [0, 0.1) is 11.8 Å². The number of rotatable bonds is 3. The molecule has 0 aliphatic heterocycles. The van der Waals surface area contributed by atoms with E-state index in [1.165, 1.54) is 0 Å². The molecule has 1 rings (SSSR count). The van der Waals surface area contributed by atoms with Crippen LogP contribution in [0.3, 0.4) is 0 Å². The molecule has 0 spiro atoms. The van der Waals surface area contributed by atoms with Gasteiger partial charge in [-0.2, -0.15) is 13.2 Å². The normalized spacial score (nSPS) is 23.5. The van der Waals surface area contributed by atoms with Crippen molar-refractivity contribution >= 4 is 0 Å². The Bertz CT molecular complexity index is 206. The van der Waals surface area contributed by atoms with Gasteiger partial charge in [0.2, 0.25) is 0 Å². The molecule has 1 aliphatic rings. The van der Waals surface area contributed by atoms with E-state index < -0.39 is 18.2 Å². The van der Waals surface area contributed by atoms with Crippen molar-refractivity contribution < 1.29 is 18.3 Å². The first kappa shape index (κ1) is 12.6. The van der Waals surface area contributed by atoms with Crippen molar-refractivity contribution in [1.29, 1.82) is 0 Å². The third-order valence-electron chi connectivity index (χ3n) is 3.13. The molecule has 1 saturated carbocycles. The van der Waals surface area contributed by atoms with Crippen molar-refractivity contribution in [2.45, 2.75) is 44.4 Å². The third kappa shape index (κ3) is 3.23. The molecule has 0 aromatic heterocycles. The summed E-state index contributed by atoms with van der Waals surface area (Å²) in [6, 6.07) is 0. The van der Waals surface area contributed by atoms with Crippen molar-refractivity contribution in [2.24, 2.45) is 11.8 Å². The Hall–Kier alpha value is -0.510. The first-order chi connectivity index (χ1) is 6.96. The van der Waals surface area contributed by atoms with E-state index in [1.54, 1.807) is 0 Å². The van der Waals surface area contributed by atoms with Gasteiger partial charge in [-0.3, -0.25) is 0 Å². The zero-order chi connectivity index (χ0) is 11.5. The summed E-state index contributed by atoms with van der Waals surface area (Å²) >= 11 is 0. The molecule has 88 valence electrons. The van der Waals surface area contributed by atoms with Crippen LogP contribution in [-0.2, 0) is 0 Å². The maximum absolute atomic E-state index is 12.5. The van der Waals surface area contributed by atoms with Gasteiger partial charge in [0.05, 0.1) is 12.0 Å². The van der Waals surface area contributed by atoms with Crippen molar-refractivity contribution in [3.05, 3.63) is 12.7 Å². The number of aliphatic hydroxyl groups is 1. The number of alkyl halides is 3. The zero-order valence-electron chi connectivity index (χ0n) is 8.63. The van der Waals surface area contributed by atoms with E-state index in [1.807, 2.05) is 0 Å². The summed E-state index contributed by atoms with van der Waals surface area (Å²) in [5, 5.41) is 9.68. The number of aliphatic hydroxyl groups excluding tert-OH is 1. The van der Waals surface area contributed by atoms with E-state index in [4.69, 9.17) is 0 Å². The molecule has 0 amide bonds. The monoisotopic (exact) mass is 222 g/mol. The van der Waals surface area contributed by atoms with Gasteiger partial charge in [-0.25, -0.2) is 0 Å². The fourth-order valence-corrected chi connectivity index (χ4v) is 2.24. The Morgan fingerprint density at radius 1 is 1.20 bits per heavy atom. The van der Waals surface area contributed by atoms with Crippen LogP contribution in [0.5, 0.6) is 0 Å². The molecule has 0 saturated heterocycles. The molecular weight excluding hydrogens is 205 g/mol. The summed E-state index contributed by atoms with van der Waals surface area (Å²) in [6.45, 7) is 3.16. The van der Waals surface area contributed by atoms with Crippen molar-refractivity contribution in [2.75, 3.05) is 0 Å². The van der Waals surface area contributed by atoms with E-state index in [0.29, 0.717) is 12.8 Å². The summed E-state index contributed by atoms with van der Waals surface area (Å²) < 4.78 is 37.5. The molecule has 1 aliphatic carbocycles. The van der Waals surface area contributed by atoms with Crippen LogP contribution < -0.4 is 0 Å². The molecule has 0 heterocycles. The highest BCUT2D eigenvalue weighted by Gasteiger charge is 2.44. The fourth-order valence-electron chi connectivity index (χ4n) is 2.24. The lowest BCUT2D eigenvalue weighted by molar-refractivity contribution is -0.192. The van der Waals surface area contributed by atoms with E-state index in [9.17, 15) is 18.3 Å². The highest BCUT2D eigenvalue weighted by atomic mass is 19.4. The summed E-state index contributed by atoms with van der Waals surface area (Å²) in [6.07, 6.45) is -0.579. The van der Waals surface area contributed by atoms with Gasteiger partial charge in [-0.1, -0.05) is 25.3 Å². The maximum atomic E-state index is 12.5. The minimum absolute atomic E-state index is 0.219. The molecular formula is C11H17F3O. The summed E-state index contributed by atoms with van der Waals surface area (Å²) in [5.41, 5.74) is 0. The van der Waals surface area contributed by atoms with E-state index in [0.717, 1.165) is 25.3 Å². The van der Waals surface area contributed by atoms with Crippen molar-refractivity contribution in [1.82, 2.24) is 0 Å². The summed E-state index contributed by atoms with van der Waals surface area (Å²) in [4.78, 5) is 0. The summed E-state index contributed by atoms with van der Waals surface area (Å²) in [5.74, 6) is -2.00. The van der Waals surface area contributed by atoms with Crippen LogP contribution in [0.4, 0.5) is 13.2 Å². The smallest absolute Gasteiger partial charge is 0.392 e. The quantitative estimate of drug-likeness (QED) is 0.726. The van der Waals surface area contributed by atoms with Crippen molar-refractivity contribution in [3.63, 3.8) is 0 Å². The van der Waals surface area contributed by atoms with Crippen molar-refractivity contribution in [3.8, 4) is 0 Å². The molecule has 0 radical (unpaired) electrons. The van der Waals surface area contributed by atoms with Gasteiger partial charge in [0.1, 0.15) is 0 Å². The molecule has 4 heteroatoms. The Balaban J connectivity index is 2.63. The van der Waals surface area contributed by atoms with Gasteiger partial charge in [-0.05, 0) is 18.8 Å². The average molecular weight is 222 g/mol. The largest absolute Gasteiger partial charge is 0.397 e. The number of halogens is 3. The Labute approximate surface area is 88.0 Å². The standard InChI is InChI=1S/C11H17F3O/c1-2-9(11(12,13)14)10(15)8-6-4-3-5-7-8/h2,8-10,15H,1,3-7H2. The summed E-state index contributed by atoms with van der Waals surface area (Å²) in [7, 11) is 0. The number of hydrogen-bond donors (Lipinski definition) is 1. The molecule has 1 nitrogen and oxygen atoms in total. The van der Waals surface area contributed by atoms with Gasteiger partial charge < -0.3 is 5.11 Å².